The van der Waals surface area contributed by atoms with Crippen molar-refractivity contribution in [3.05, 3.63) is 35.9 Å². The summed E-state index contributed by atoms with van der Waals surface area (Å²) in [6, 6.07) is 10.6. The van der Waals surface area contributed by atoms with Crippen molar-refractivity contribution in [2.45, 2.75) is 68.4 Å². The summed E-state index contributed by atoms with van der Waals surface area (Å²) in [5.41, 5.74) is 1.01. The Morgan fingerprint density at radius 1 is 1.16 bits per heavy atom. The zero-order valence-corrected chi connectivity index (χ0v) is 15.9. The summed E-state index contributed by atoms with van der Waals surface area (Å²) >= 11 is 2.03. The van der Waals surface area contributed by atoms with E-state index in [1.165, 1.54) is 32.1 Å². The van der Waals surface area contributed by atoms with E-state index in [9.17, 15) is 4.79 Å². The van der Waals surface area contributed by atoms with Gasteiger partial charge in [0.05, 0.1) is 0 Å². The van der Waals surface area contributed by atoms with E-state index in [1.807, 2.05) is 42.1 Å². The highest BCUT2D eigenvalue weighted by Crippen LogP contribution is 2.38. The van der Waals surface area contributed by atoms with Gasteiger partial charge in [-0.2, -0.15) is 11.8 Å². The zero-order chi connectivity index (χ0) is 17.5. The lowest BCUT2D eigenvalue weighted by molar-refractivity contribution is 0.125. The summed E-state index contributed by atoms with van der Waals surface area (Å²) in [6.07, 6.45) is 10.7. The molecule has 4 nitrogen and oxygen atoms in total. The molecule has 0 atom stereocenters. The maximum atomic E-state index is 11.9. The second kappa shape index (κ2) is 8.95. The molecular formula is C20H30N2O2S. The van der Waals surface area contributed by atoms with Gasteiger partial charge < -0.3 is 15.4 Å². The molecule has 0 heterocycles. The molecule has 1 aromatic rings. The fourth-order valence-corrected chi connectivity index (χ4v) is 4.74. The van der Waals surface area contributed by atoms with E-state index in [2.05, 4.69) is 16.9 Å². The van der Waals surface area contributed by atoms with Crippen LogP contribution >= 0.6 is 11.8 Å². The third kappa shape index (κ3) is 5.38. The van der Waals surface area contributed by atoms with Crippen LogP contribution in [0.15, 0.2) is 30.3 Å². The van der Waals surface area contributed by atoms with Gasteiger partial charge in [-0.1, -0.05) is 49.6 Å². The SMILES string of the molecule is CSC1(CNC2CC(NC(=O)OCc3ccccc3)C2)CCCCC1. The van der Waals surface area contributed by atoms with Gasteiger partial charge in [-0.15, -0.1) is 0 Å². The third-order valence-electron chi connectivity index (χ3n) is 5.58. The van der Waals surface area contributed by atoms with E-state index in [4.69, 9.17) is 4.74 Å². The van der Waals surface area contributed by atoms with Crippen LogP contribution in [0.25, 0.3) is 0 Å². The van der Waals surface area contributed by atoms with Gasteiger partial charge in [0.25, 0.3) is 0 Å². The summed E-state index contributed by atoms with van der Waals surface area (Å²) < 4.78 is 5.72. The first-order valence-electron chi connectivity index (χ1n) is 9.45. The molecule has 2 N–H and O–H groups in total. The van der Waals surface area contributed by atoms with Crippen molar-refractivity contribution in [2.75, 3.05) is 12.8 Å². The average Bonchev–Trinajstić information content (AvgIpc) is 2.63. The Kier molecular flexibility index (Phi) is 6.65. The summed E-state index contributed by atoms with van der Waals surface area (Å²) in [7, 11) is 0. The van der Waals surface area contributed by atoms with Gasteiger partial charge in [-0.3, -0.25) is 0 Å². The standard InChI is InChI=1S/C20H30N2O2S/c1-25-20(10-6-3-7-11-20)15-21-17-12-18(13-17)22-19(23)24-14-16-8-4-2-5-9-16/h2,4-5,8-9,17-18,21H,3,6-7,10-15H2,1H3,(H,22,23). The van der Waals surface area contributed by atoms with E-state index < -0.39 is 0 Å². The monoisotopic (exact) mass is 362 g/mol. The van der Waals surface area contributed by atoms with Crippen LogP contribution in [0.2, 0.25) is 0 Å². The molecule has 0 aliphatic heterocycles. The van der Waals surface area contributed by atoms with Crippen molar-refractivity contribution in [1.29, 1.82) is 0 Å². The molecule has 0 radical (unpaired) electrons. The normalized spacial score (nSPS) is 25.0. The van der Waals surface area contributed by atoms with Crippen molar-refractivity contribution < 1.29 is 9.53 Å². The highest BCUT2D eigenvalue weighted by molar-refractivity contribution is 8.00. The second-order valence-electron chi connectivity index (χ2n) is 7.40. The number of carbonyl (C=O) groups excluding carboxylic acids is 1. The first-order chi connectivity index (χ1) is 12.2. The summed E-state index contributed by atoms with van der Waals surface area (Å²) in [5.74, 6) is 0. The van der Waals surface area contributed by atoms with Gasteiger partial charge >= 0.3 is 6.09 Å². The number of ether oxygens (including phenoxy) is 1. The minimum Gasteiger partial charge on any atom is -0.445 e. The third-order valence-corrected chi connectivity index (χ3v) is 7.00. The molecular weight excluding hydrogens is 332 g/mol. The lowest BCUT2D eigenvalue weighted by Crippen LogP contribution is -2.55. The van der Waals surface area contributed by atoms with Gasteiger partial charge in [0.1, 0.15) is 6.61 Å². The second-order valence-corrected chi connectivity index (χ2v) is 8.67. The smallest absolute Gasteiger partial charge is 0.407 e. The fraction of sp³-hybridized carbons (Fsp3) is 0.650. The Bertz CT molecular complexity index is 540. The molecule has 3 rings (SSSR count). The first kappa shape index (κ1) is 18.6. The Labute approximate surface area is 155 Å². The highest BCUT2D eigenvalue weighted by atomic mass is 32.2. The van der Waals surface area contributed by atoms with Crippen LogP contribution in [0.4, 0.5) is 4.79 Å². The van der Waals surface area contributed by atoms with E-state index in [0.29, 0.717) is 17.4 Å². The number of benzene rings is 1. The van der Waals surface area contributed by atoms with Crippen LogP contribution in [0.3, 0.4) is 0 Å². The quantitative estimate of drug-likeness (QED) is 0.767. The lowest BCUT2D eigenvalue weighted by Gasteiger charge is -2.41. The molecule has 2 saturated carbocycles. The maximum Gasteiger partial charge on any atom is 0.407 e. The largest absolute Gasteiger partial charge is 0.445 e. The van der Waals surface area contributed by atoms with Crippen LogP contribution < -0.4 is 10.6 Å². The van der Waals surface area contributed by atoms with Gasteiger partial charge in [0, 0.05) is 23.4 Å². The van der Waals surface area contributed by atoms with Crippen LogP contribution in [-0.4, -0.2) is 35.7 Å². The van der Waals surface area contributed by atoms with Crippen molar-refractivity contribution in [3.8, 4) is 0 Å². The molecule has 2 aliphatic carbocycles. The van der Waals surface area contributed by atoms with E-state index in [1.54, 1.807) is 0 Å². The summed E-state index contributed by atoms with van der Waals surface area (Å²) in [6.45, 7) is 1.43. The predicted octanol–water partition coefficient (Wildman–Crippen LogP) is 4.10. The van der Waals surface area contributed by atoms with Crippen molar-refractivity contribution in [2.24, 2.45) is 0 Å². The Morgan fingerprint density at radius 3 is 2.56 bits per heavy atom. The first-order valence-corrected chi connectivity index (χ1v) is 10.7. The molecule has 25 heavy (non-hydrogen) atoms. The molecule has 1 aromatic carbocycles. The molecule has 138 valence electrons. The number of hydrogen-bond acceptors (Lipinski definition) is 4. The molecule has 2 aliphatic rings. The van der Waals surface area contributed by atoms with Gasteiger partial charge in [-0.25, -0.2) is 4.79 Å². The van der Waals surface area contributed by atoms with Crippen molar-refractivity contribution >= 4 is 17.9 Å². The van der Waals surface area contributed by atoms with Crippen molar-refractivity contribution in [1.82, 2.24) is 10.6 Å². The van der Waals surface area contributed by atoms with E-state index >= 15 is 0 Å². The van der Waals surface area contributed by atoms with E-state index in [-0.39, 0.29) is 12.1 Å². The molecule has 2 fully saturated rings. The van der Waals surface area contributed by atoms with E-state index in [0.717, 1.165) is 24.9 Å². The number of thioether (sulfide) groups is 1. The van der Waals surface area contributed by atoms with Crippen LogP contribution in [0.1, 0.15) is 50.5 Å². The molecule has 5 heteroatoms. The summed E-state index contributed by atoms with van der Waals surface area (Å²) in [4.78, 5) is 11.9. The number of rotatable bonds is 7. The number of alkyl carbamates (subject to hydrolysis) is 1. The average molecular weight is 363 g/mol. The van der Waals surface area contributed by atoms with Gasteiger partial charge in [-0.05, 0) is 37.5 Å². The minimum atomic E-state index is -0.305. The maximum absolute atomic E-state index is 11.9. The lowest BCUT2D eigenvalue weighted by atomic mass is 9.84. The van der Waals surface area contributed by atoms with Crippen molar-refractivity contribution in [3.63, 3.8) is 0 Å². The van der Waals surface area contributed by atoms with Gasteiger partial charge in [0.15, 0.2) is 0 Å². The molecule has 0 unspecified atom stereocenters. The van der Waals surface area contributed by atoms with Crippen LogP contribution in [-0.2, 0) is 11.3 Å². The minimum absolute atomic E-state index is 0.248. The zero-order valence-electron chi connectivity index (χ0n) is 15.1. The van der Waals surface area contributed by atoms with Gasteiger partial charge in [0.2, 0.25) is 0 Å². The number of hydrogen-bond donors (Lipinski definition) is 2. The number of nitrogens with one attached hydrogen (secondary N) is 2. The molecule has 0 aromatic heterocycles. The molecule has 0 saturated heterocycles. The Balaban J connectivity index is 1.30. The number of amides is 1. The predicted molar refractivity (Wildman–Crippen MR) is 104 cm³/mol. The van der Waals surface area contributed by atoms with Crippen LogP contribution in [0.5, 0.6) is 0 Å². The molecule has 0 spiro atoms. The Morgan fingerprint density at radius 2 is 1.88 bits per heavy atom. The highest BCUT2D eigenvalue weighted by Gasteiger charge is 2.35. The Hall–Kier alpha value is -1.20. The summed E-state index contributed by atoms with van der Waals surface area (Å²) in [5, 5.41) is 6.70. The molecule has 0 bridgehead atoms. The molecule has 1 amide bonds. The number of carbonyl (C=O) groups is 1. The van der Waals surface area contributed by atoms with Crippen LogP contribution in [0, 0.1) is 0 Å². The topological polar surface area (TPSA) is 50.4 Å². The fourth-order valence-electron chi connectivity index (χ4n) is 3.81.